The fourth-order valence-corrected chi connectivity index (χ4v) is 8.18. The Hall–Kier alpha value is -5.87. The van der Waals surface area contributed by atoms with Gasteiger partial charge in [0.25, 0.3) is 0 Å². The molecular weight excluding hydrogens is 817 g/mol. The average Bonchev–Trinajstić information content (AvgIpc) is 3.15. The second kappa shape index (κ2) is 15.8. The molecule has 3 aliphatic heterocycles. The molecule has 0 saturated heterocycles. The summed E-state index contributed by atoms with van der Waals surface area (Å²) in [6.07, 6.45) is 8.31. The van der Waals surface area contributed by atoms with Gasteiger partial charge in [-0.15, -0.1) is 0 Å². The summed E-state index contributed by atoms with van der Waals surface area (Å²) in [7, 11) is 0. The van der Waals surface area contributed by atoms with Gasteiger partial charge in [-0.05, 0) is 112 Å². The maximum atomic E-state index is 13.5. The summed E-state index contributed by atoms with van der Waals surface area (Å²) in [6.45, 7) is 5.82. The van der Waals surface area contributed by atoms with E-state index in [1.165, 1.54) is 36.8 Å². The van der Waals surface area contributed by atoms with Gasteiger partial charge in [0.05, 0.1) is 51.1 Å². The molecule has 3 aromatic carbocycles. The fraction of sp³-hybridized carbons (Fsp3) is 0.286. The van der Waals surface area contributed by atoms with E-state index in [1.54, 1.807) is 13.7 Å². The minimum Gasteiger partial charge on any atom is -0.545 e. The van der Waals surface area contributed by atoms with Crippen LogP contribution in [0.15, 0.2) is 69.4 Å². The van der Waals surface area contributed by atoms with Gasteiger partial charge in [0.15, 0.2) is 16.3 Å². The standard InChI is InChI=1S/3C14H12FNO3.Ga/c3*1-7-2-3-8-4-9(15)5-10-12(8)16(7)6-11(13(10)17)14(18)19;/h3*4-7H,2-3H2,1H3,(H,18,19);/q;;;+3/p-3. The van der Waals surface area contributed by atoms with Crippen LogP contribution >= 0.6 is 0 Å². The molecule has 3 atom stereocenters. The summed E-state index contributed by atoms with van der Waals surface area (Å²) in [4.78, 5) is 69.2. The molecular formula is C42H33F3GaN3O9. The number of nitrogens with zero attached hydrogens (tertiary/aromatic N) is 3. The monoisotopic (exact) mass is 849 g/mol. The molecule has 0 fully saturated rings. The average molecular weight is 850 g/mol. The molecule has 6 aromatic rings. The molecule has 0 N–H and O–H groups in total. The van der Waals surface area contributed by atoms with Crippen LogP contribution in [0.2, 0.25) is 0 Å². The van der Waals surface area contributed by atoms with Gasteiger partial charge in [0.2, 0.25) is 0 Å². The summed E-state index contributed by atoms with van der Waals surface area (Å²) in [5, 5.41) is 33.4. The first-order valence-electron chi connectivity index (χ1n) is 18.2. The molecule has 9 rings (SSSR count). The normalized spacial score (nSPS) is 17.4. The summed E-state index contributed by atoms with van der Waals surface area (Å²) in [5.74, 6) is -6.14. The van der Waals surface area contributed by atoms with Crippen LogP contribution in [0.25, 0.3) is 32.7 Å². The van der Waals surface area contributed by atoms with Crippen LogP contribution in [-0.2, 0) is 19.3 Å². The van der Waals surface area contributed by atoms with Gasteiger partial charge < -0.3 is 43.4 Å². The Balaban J connectivity index is 0.000000145. The molecule has 12 nitrogen and oxygen atoms in total. The number of pyridine rings is 3. The summed E-state index contributed by atoms with van der Waals surface area (Å²) >= 11 is 0. The zero-order valence-corrected chi connectivity index (χ0v) is 33.8. The van der Waals surface area contributed by atoms with Crippen molar-refractivity contribution in [1.82, 2.24) is 13.7 Å². The zero-order chi connectivity index (χ0) is 41.2. The van der Waals surface area contributed by atoms with Gasteiger partial charge >= 0.3 is 19.8 Å². The Morgan fingerprint density at radius 2 is 0.741 bits per heavy atom. The number of benzene rings is 3. The molecule has 3 unspecified atom stereocenters. The zero-order valence-electron chi connectivity index (χ0n) is 31.4. The Morgan fingerprint density at radius 3 is 0.966 bits per heavy atom. The Bertz CT molecular complexity index is 2610. The number of aryl methyl sites for hydroxylation is 3. The van der Waals surface area contributed by atoms with E-state index in [0.29, 0.717) is 35.8 Å². The van der Waals surface area contributed by atoms with Crippen LogP contribution in [0.5, 0.6) is 0 Å². The first-order valence-corrected chi connectivity index (χ1v) is 18.2. The van der Waals surface area contributed by atoms with Crippen molar-refractivity contribution in [3.05, 3.63) is 136 Å². The maximum absolute atomic E-state index is 13.5. The molecule has 3 aromatic heterocycles. The predicted octanol–water partition coefficient (Wildman–Crippen LogP) is 2.65. The number of hydrogen-bond acceptors (Lipinski definition) is 9. The smallest absolute Gasteiger partial charge is 0.545 e. The summed E-state index contributed by atoms with van der Waals surface area (Å²) in [5.41, 5.74) is 0.845. The van der Waals surface area contributed by atoms with Crippen molar-refractivity contribution >= 4 is 70.4 Å². The van der Waals surface area contributed by atoms with Crippen LogP contribution in [0.4, 0.5) is 13.2 Å². The molecule has 0 spiro atoms. The molecule has 0 amide bonds. The Morgan fingerprint density at radius 1 is 0.500 bits per heavy atom. The molecule has 58 heavy (non-hydrogen) atoms. The minimum absolute atomic E-state index is 0. The molecule has 6 heterocycles. The van der Waals surface area contributed by atoms with Crippen molar-refractivity contribution in [2.24, 2.45) is 0 Å². The Kier molecular flexibility index (Phi) is 11.4. The first kappa shape index (κ1) is 41.8. The van der Waals surface area contributed by atoms with E-state index < -0.39 is 68.3 Å². The number of halogens is 3. The van der Waals surface area contributed by atoms with E-state index in [4.69, 9.17) is 0 Å². The van der Waals surface area contributed by atoms with E-state index in [9.17, 15) is 57.3 Å². The van der Waals surface area contributed by atoms with Gasteiger partial charge in [-0.1, -0.05) is 0 Å². The van der Waals surface area contributed by atoms with Crippen molar-refractivity contribution < 1.29 is 42.9 Å². The molecule has 294 valence electrons. The van der Waals surface area contributed by atoms with Crippen molar-refractivity contribution in [3.63, 3.8) is 0 Å². The van der Waals surface area contributed by atoms with Crippen molar-refractivity contribution in [2.45, 2.75) is 77.4 Å². The predicted molar refractivity (Wildman–Crippen MR) is 202 cm³/mol. The number of aromatic nitrogens is 3. The van der Waals surface area contributed by atoms with Crippen LogP contribution in [-0.4, -0.2) is 51.4 Å². The third kappa shape index (κ3) is 7.26. The maximum Gasteiger partial charge on any atom is 3.00 e. The number of carboxylic acid groups (broad SMARTS) is 3. The van der Waals surface area contributed by atoms with Crippen LogP contribution in [0, 0.1) is 17.5 Å². The number of carbonyl (C=O) groups is 3. The van der Waals surface area contributed by atoms with Crippen LogP contribution in [0.1, 0.15) is 106 Å². The Labute approximate surface area is 339 Å². The quantitative estimate of drug-likeness (QED) is 0.242. The third-order valence-corrected chi connectivity index (χ3v) is 11.1. The molecule has 16 heteroatoms. The van der Waals surface area contributed by atoms with E-state index >= 15 is 0 Å². The number of carboxylic acids is 3. The van der Waals surface area contributed by atoms with Crippen LogP contribution in [0.3, 0.4) is 0 Å². The van der Waals surface area contributed by atoms with Gasteiger partial charge in [-0.2, -0.15) is 0 Å². The number of carbonyl (C=O) groups excluding carboxylic acids is 3. The van der Waals surface area contributed by atoms with Crippen molar-refractivity contribution in [3.8, 4) is 0 Å². The van der Waals surface area contributed by atoms with E-state index in [0.717, 1.165) is 54.2 Å². The van der Waals surface area contributed by atoms with Gasteiger partial charge in [0, 0.05) is 52.9 Å². The topological polar surface area (TPSA) is 186 Å². The first-order chi connectivity index (χ1) is 27.0. The molecule has 0 aliphatic carbocycles. The largest absolute Gasteiger partial charge is 3.00 e. The van der Waals surface area contributed by atoms with Gasteiger partial charge in [0.1, 0.15) is 17.5 Å². The van der Waals surface area contributed by atoms with E-state index in [2.05, 4.69) is 0 Å². The van der Waals surface area contributed by atoms with Gasteiger partial charge in [-0.25, -0.2) is 13.2 Å². The van der Waals surface area contributed by atoms with Crippen LogP contribution < -0.4 is 31.6 Å². The molecule has 3 aliphatic rings. The number of rotatable bonds is 3. The SMILES string of the molecule is CC1CCc2cc(F)cc3c(=O)c(C(=O)[O-])cn1c23.CC1CCc2cc(F)cc3c(=O)c(C(=O)[O-])cn1c23.CC1CCc2cc(F)cc3c(=O)c(C(=O)[O-])cn1c23.[Ga+3]. The molecule has 0 saturated carbocycles. The minimum atomic E-state index is -1.53. The molecule has 0 radical (unpaired) electrons. The second-order valence-corrected chi connectivity index (χ2v) is 14.7. The second-order valence-electron chi connectivity index (χ2n) is 14.7. The van der Waals surface area contributed by atoms with E-state index in [1.807, 2.05) is 20.8 Å². The summed E-state index contributed by atoms with van der Waals surface area (Å²) in [6, 6.07) is 7.72. The van der Waals surface area contributed by atoms with E-state index in [-0.39, 0.29) is 54.1 Å². The number of aromatic carboxylic acids is 3. The fourth-order valence-electron chi connectivity index (χ4n) is 8.18. The summed E-state index contributed by atoms with van der Waals surface area (Å²) < 4.78 is 45.8. The number of hydrogen-bond donors (Lipinski definition) is 0. The van der Waals surface area contributed by atoms with Crippen molar-refractivity contribution in [2.75, 3.05) is 0 Å². The van der Waals surface area contributed by atoms with Crippen molar-refractivity contribution in [1.29, 1.82) is 0 Å². The van der Waals surface area contributed by atoms with Gasteiger partial charge in [-0.3, -0.25) is 14.4 Å². The molecule has 0 bridgehead atoms. The third-order valence-electron chi connectivity index (χ3n) is 11.1.